The first-order chi connectivity index (χ1) is 10.1. The van der Waals surface area contributed by atoms with Crippen molar-refractivity contribution in [1.29, 1.82) is 0 Å². The van der Waals surface area contributed by atoms with Gasteiger partial charge in [-0.05, 0) is 30.3 Å². The summed E-state index contributed by atoms with van der Waals surface area (Å²) in [7, 11) is 1.73. The van der Waals surface area contributed by atoms with Gasteiger partial charge in [-0.1, -0.05) is 29.8 Å². The van der Waals surface area contributed by atoms with Gasteiger partial charge in [0.1, 0.15) is 11.5 Å². The fourth-order valence-electron chi connectivity index (χ4n) is 2.29. The largest absolute Gasteiger partial charge is 0.340 e. The summed E-state index contributed by atoms with van der Waals surface area (Å²) >= 11 is 6.02. The Balaban J connectivity index is 2.01. The normalized spacial score (nSPS) is 10.8. The molecule has 0 spiro atoms. The maximum absolute atomic E-state index is 13.8. The van der Waals surface area contributed by atoms with Gasteiger partial charge in [0.05, 0.1) is 16.2 Å². The van der Waals surface area contributed by atoms with E-state index in [4.69, 9.17) is 11.6 Å². The molecule has 0 saturated carbocycles. The van der Waals surface area contributed by atoms with E-state index in [0.29, 0.717) is 27.3 Å². The number of nitrogens with zero attached hydrogens (tertiary/aromatic N) is 1. The molecular formula is C16H12ClFN2O. The molecule has 0 aliphatic rings. The molecule has 1 heterocycles. The van der Waals surface area contributed by atoms with Crippen LogP contribution in [-0.4, -0.2) is 10.5 Å². The predicted molar refractivity (Wildman–Crippen MR) is 82.3 cm³/mol. The molecule has 1 aromatic heterocycles. The highest BCUT2D eigenvalue weighted by atomic mass is 35.5. The minimum Gasteiger partial charge on any atom is -0.340 e. The first-order valence-corrected chi connectivity index (χ1v) is 6.75. The van der Waals surface area contributed by atoms with Crippen molar-refractivity contribution >= 4 is 34.1 Å². The Bertz CT molecular complexity index is 841. The van der Waals surface area contributed by atoms with E-state index in [-0.39, 0.29) is 11.7 Å². The van der Waals surface area contributed by atoms with Gasteiger partial charge < -0.3 is 9.88 Å². The van der Waals surface area contributed by atoms with Gasteiger partial charge in [0.15, 0.2) is 0 Å². The molecule has 0 atom stereocenters. The molecule has 1 N–H and O–H groups in total. The van der Waals surface area contributed by atoms with Crippen molar-refractivity contribution in [1.82, 2.24) is 4.57 Å². The number of halogens is 2. The predicted octanol–water partition coefficient (Wildman–Crippen LogP) is 4.22. The lowest BCUT2D eigenvalue weighted by atomic mass is 10.2. The van der Waals surface area contributed by atoms with Crippen LogP contribution in [0, 0.1) is 5.82 Å². The monoisotopic (exact) mass is 302 g/mol. The molecular weight excluding hydrogens is 291 g/mol. The minimum absolute atomic E-state index is 0.332. The van der Waals surface area contributed by atoms with Gasteiger partial charge in [0.25, 0.3) is 5.91 Å². The molecule has 0 radical (unpaired) electrons. The van der Waals surface area contributed by atoms with Crippen molar-refractivity contribution in [3.8, 4) is 0 Å². The fraction of sp³-hybridized carbons (Fsp3) is 0.0625. The van der Waals surface area contributed by atoms with Gasteiger partial charge in [-0.2, -0.15) is 0 Å². The Kier molecular flexibility index (Phi) is 3.39. The molecule has 0 saturated heterocycles. The van der Waals surface area contributed by atoms with Gasteiger partial charge in [-0.3, -0.25) is 4.79 Å². The van der Waals surface area contributed by atoms with Crippen molar-refractivity contribution in [2.75, 3.05) is 5.32 Å². The Morgan fingerprint density at radius 2 is 1.95 bits per heavy atom. The number of benzene rings is 2. The van der Waals surface area contributed by atoms with E-state index >= 15 is 0 Å². The highest BCUT2D eigenvalue weighted by Crippen LogP contribution is 2.24. The van der Waals surface area contributed by atoms with Gasteiger partial charge >= 0.3 is 0 Å². The highest BCUT2D eigenvalue weighted by molar-refractivity contribution is 6.33. The van der Waals surface area contributed by atoms with Crippen LogP contribution in [0.1, 0.15) is 10.5 Å². The number of aromatic nitrogens is 1. The maximum Gasteiger partial charge on any atom is 0.272 e. The molecule has 106 valence electrons. The van der Waals surface area contributed by atoms with Crippen LogP contribution in [0.25, 0.3) is 10.9 Å². The molecule has 3 aromatic rings. The van der Waals surface area contributed by atoms with Crippen LogP contribution >= 0.6 is 11.6 Å². The minimum atomic E-state index is -0.347. The zero-order valence-electron chi connectivity index (χ0n) is 11.2. The lowest BCUT2D eigenvalue weighted by molar-refractivity contribution is 0.102. The number of hydrogen-bond donors (Lipinski definition) is 1. The number of fused-ring (bicyclic) bond motifs is 1. The SMILES string of the molecule is Cn1c(C(=O)Nc2ccccc2Cl)cc2c(F)cccc21. The number of para-hydroxylation sites is 1. The van der Waals surface area contributed by atoms with Crippen LogP contribution in [0.3, 0.4) is 0 Å². The second-order valence-corrected chi connectivity index (χ2v) is 5.10. The average Bonchev–Trinajstić information content (AvgIpc) is 2.81. The zero-order chi connectivity index (χ0) is 15.0. The summed E-state index contributed by atoms with van der Waals surface area (Å²) in [5.74, 6) is -0.680. The summed E-state index contributed by atoms with van der Waals surface area (Å²) in [6.07, 6.45) is 0. The zero-order valence-corrected chi connectivity index (χ0v) is 12.0. The summed E-state index contributed by atoms with van der Waals surface area (Å²) in [6, 6.07) is 13.3. The third-order valence-electron chi connectivity index (χ3n) is 3.39. The molecule has 21 heavy (non-hydrogen) atoms. The van der Waals surface area contributed by atoms with Gasteiger partial charge in [0.2, 0.25) is 0 Å². The molecule has 2 aromatic carbocycles. The van der Waals surface area contributed by atoms with E-state index in [1.165, 1.54) is 12.1 Å². The molecule has 1 amide bonds. The third-order valence-corrected chi connectivity index (χ3v) is 3.72. The molecule has 0 fully saturated rings. The van der Waals surface area contributed by atoms with Crippen LogP contribution in [0.15, 0.2) is 48.5 Å². The Labute approximate surface area is 125 Å². The summed E-state index contributed by atoms with van der Waals surface area (Å²) in [4.78, 5) is 12.4. The Morgan fingerprint density at radius 1 is 1.19 bits per heavy atom. The average molecular weight is 303 g/mol. The number of nitrogens with one attached hydrogen (secondary N) is 1. The number of hydrogen-bond acceptors (Lipinski definition) is 1. The summed E-state index contributed by atoms with van der Waals surface area (Å²) < 4.78 is 15.4. The summed E-state index contributed by atoms with van der Waals surface area (Å²) in [6.45, 7) is 0. The first-order valence-electron chi connectivity index (χ1n) is 6.38. The highest BCUT2D eigenvalue weighted by Gasteiger charge is 2.16. The number of rotatable bonds is 2. The lowest BCUT2D eigenvalue weighted by Crippen LogP contribution is -2.15. The molecule has 3 rings (SSSR count). The Morgan fingerprint density at radius 3 is 2.67 bits per heavy atom. The van der Waals surface area contributed by atoms with E-state index in [0.717, 1.165) is 0 Å². The third kappa shape index (κ3) is 2.38. The second-order valence-electron chi connectivity index (χ2n) is 4.70. The quantitative estimate of drug-likeness (QED) is 0.755. The van der Waals surface area contributed by atoms with E-state index in [1.54, 1.807) is 48.0 Å². The van der Waals surface area contributed by atoms with E-state index in [1.807, 2.05) is 0 Å². The van der Waals surface area contributed by atoms with Crippen LogP contribution in [0.4, 0.5) is 10.1 Å². The van der Waals surface area contributed by atoms with E-state index in [2.05, 4.69) is 5.32 Å². The lowest BCUT2D eigenvalue weighted by Gasteiger charge is -2.07. The van der Waals surface area contributed by atoms with Crippen LogP contribution < -0.4 is 5.32 Å². The van der Waals surface area contributed by atoms with E-state index in [9.17, 15) is 9.18 Å². The second kappa shape index (κ2) is 5.22. The van der Waals surface area contributed by atoms with Crippen molar-refractivity contribution in [2.45, 2.75) is 0 Å². The maximum atomic E-state index is 13.8. The van der Waals surface area contributed by atoms with Crippen molar-refractivity contribution in [3.63, 3.8) is 0 Å². The molecule has 0 bridgehead atoms. The summed E-state index contributed by atoms with van der Waals surface area (Å²) in [5, 5.41) is 3.61. The van der Waals surface area contributed by atoms with Crippen molar-refractivity contribution in [2.24, 2.45) is 7.05 Å². The standard InChI is InChI=1S/C16H12ClFN2O/c1-20-14-8-4-6-12(18)10(14)9-15(20)16(21)19-13-7-3-2-5-11(13)17/h2-9H,1H3,(H,19,21). The fourth-order valence-corrected chi connectivity index (χ4v) is 2.47. The summed E-state index contributed by atoms with van der Waals surface area (Å²) in [5.41, 5.74) is 1.56. The van der Waals surface area contributed by atoms with Gasteiger partial charge in [0, 0.05) is 12.4 Å². The molecule has 3 nitrogen and oxygen atoms in total. The topological polar surface area (TPSA) is 34.0 Å². The van der Waals surface area contributed by atoms with Gasteiger partial charge in [-0.25, -0.2) is 4.39 Å². The van der Waals surface area contributed by atoms with Crippen molar-refractivity contribution < 1.29 is 9.18 Å². The van der Waals surface area contributed by atoms with E-state index < -0.39 is 0 Å². The van der Waals surface area contributed by atoms with Crippen LogP contribution in [0.5, 0.6) is 0 Å². The molecule has 0 unspecified atom stereocenters. The Hall–Kier alpha value is -2.33. The number of carbonyl (C=O) groups is 1. The smallest absolute Gasteiger partial charge is 0.272 e. The van der Waals surface area contributed by atoms with Crippen molar-refractivity contribution in [3.05, 3.63) is 65.1 Å². The molecule has 5 heteroatoms. The molecule has 0 aliphatic carbocycles. The molecule has 0 aliphatic heterocycles. The number of carbonyl (C=O) groups excluding carboxylic acids is 1. The number of anilines is 1. The first kappa shape index (κ1) is 13.6. The van der Waals surface area contributed by atoms with Crippen LogP contribution in [0.2, 0.25) is 5.02 Å². The number of aryl methyl sites for hydroxylation is 1. The van der Waals surface area contributed by atoms with Gasteiger partial charge in [-0.15, -0.1) is 0 Å². The number of amides is 1. The van der Waals surface area contributed by atoms with Crippen LogP contribution in [-0.2, 0) is 7.05 Å².